The predicted molar refractivity (Wildman–Crippen MR) is 112 cm³/mol. The van der Waals surface area contributed by atoms with Crippen molar-refractivity contribution in [2.24, 2.45) is 0 Å². The summed E-state index contributed by atoms with van der Waals surface area (Å²) in [7, 11) is 3.19. The number of esters is 1. The second-order valence-electron chi connectivity index (χ2n) is 6.39. The van der Waals surface area contributed by atoms with Crippen molar-refractivity contribution >= 4 is 17.3 Å². The number of nitrogens with zero attached hydrogens (tertiary/aromatic N) is 1. The number of hydrogen-bond acceptors (Lipinski definition) is 7. The summed E-state index contributed by atoms with van der Waals surface area (Å²) in [4.78, 5) is 16.8. The molecule has 0 N–H and O–H groups in total. The number of benzene rings is 2. The number of methoxy groups -OCH3 is 2. The number of thiazole rings is 1. The Morgan fingerprint density at radius 3 is 2.48 bits per heavy atom. The molecule has 2 aromatic carbocycles. The quantitative estimate of drug-likeness (QED) is 0.501. The highest BCUT2D eigenvalue weighted by Gasteiger charge is 2.17. The van der Waals surface area contributed by atoms with E-state index in [2.05, 4.69) is 4.98 Å². The second kappa shape index (κ2) is 9.43. The van der Waals surface area contributed by atoms with Gasteiger partial charge in [-0.2, -0.15) is 0 Å². The maximum atomic E-state index is 12.2. The van der Waals surface area contributed by atoms with Crippen molar-refractivity contribution in [3.8, 4) is 27.8 Å². The van der Waals surface area contributed by atoms with Gasteiger partial charge in [-0.3, -0.25) is 0 Å². The molecule has 1 aromatic heterocycles. The van der Waals surface area contributed by atoms with Crippen LogP contribution < -0.4 is 14.2 Å². The molecule has 0 spiro atoms. The maximum absolute atomic E-state index is 12.2. The number of carbonyl (C=O) groups is 1. The van der Waals surface area contributed by atoms with Crippen molar-refractivity contribution in [1.29, 1.82) is 0 Å². The van der Waals surface area contributed by atoms with Crippen molar-refractivity contribution in [3.05, 3.63) is 59.1 Å². The van der Waals surface area contributed by atoms with Crippen LogP contribution in [-0.2, 0) is 16.1 Å². The Hall–Kier alpha value is -3.06. The first-order chi connectivity index (χ1) is 14.0. The Bertz CT molecular complexity index is 968. The zero-order chi connectivity index (χ0) is 20.8. The summed E-state index contributed by atoms with van der Waals surface area (Å²) in [5.74, 6) is 1.48. The summed E-state index contributed by atoms with van der Waals surface area (Å²) in [6.45, 7) is 3.74. The average molecular weight is 413 g/mol. The van der Waals surface area contributed by atoms with E-state index in [9.17, 15) is 4.79 Å². The van der Waals surface area contributed by atoms with Gasteiger partial charge in [0.15, 0.2) is 17.6 Å². The first kappa shape index (κ1) is 20.7. The van der Waals surface area contributed by atoms with Gasteiger partial charge in [-0.05, 0) is 44.2 Å². The summed E-state index contributed by atoms with van der Waals surface area (Å²) in [6.07, 6.45) is -0.707. The molecule has 1 heterocycles. The molecule has 0 radical (unpaired) electrons. The molecule has 152 valence electrons. The number of ether oxygens (including phenoxy) is 4. The van der Waals surface area contributed by atoms with E-state index in [0.29, 0.717) is 22.9 Å². The van der Waals surface area contributed by atoms with E-state index < -0.39 is 12.1 Å². The minimum atomic E-state index is -0.707. The van der Waals surface area contributed by atoms with Crippen molar-refractivity contribution in [3.63, 3.8) is 0 Å². The molecule has 0 aliphatic heterocycles. The van der Waals surface area contributed by atoms with Gasteiger partial charge in [0.05, 0.1) is 19.9 Å². The zero-order valence-electron chi connectivity index (χ0n) is 16.8. The van der Waals surface area contributed by atoms with Crippen LogP contribution in [-0.4, -0.2) is 31.3 Å². The molecule has 0 saturated carbocycles. The lowest BCUT2D eigenvalue weighted by Crippen LogP contribution is -2.26. The van der Waals surface area contributed by atoms with Crippen molar-refractivity contribution < 1.29 is 23.7 Å². The Kier molecular flexibility index (Phi) is 6.72. The molecule has 0 aliphatic rings. The van der Waals surface area contributed by atoms with Gasteiger partial charge < -0.3 is 18.9 Å². The van der Waals surface area contributed by atoms with Gasteiger partial charge >= 0.3 is 5.97 Å². The molecule has 29 heavy (non-hydrogen) atoms. The lowest BCUT2D eigenvalue weighted by molar-refractivity contribution is -0.152. The minimum Gasteiger partial charge on any atom is -0.493 e. The number of rotatable bonds is 8. The zero-order valence-corrected chi connectivity index (χ0v) is 17.6. The highest BCUT2D eigenvalue weighted by Crippen LogP contribution is 2.33. The lowest BCUT2D eigenvalue weighted by Gasteiger charge is -2.13. The van der Waals surface area contributed by atoms with E-state index in [1.807, 2.05) is 54.8 Å². The standard InChI is InChI=1S/C22H23NO5S/c1-14-5-8-18(9-6-14)28-15(2)22(24)27-12-17-13-29-21(23-17)16-7-10-19(25-3)20(11-16)26-4/h5-11,13,15H,12H2,1-4H3. The third kappa shape index (κ3) is 5.26. The summed E-state index contributed by atoms with van der Waals surface area (Å²) < 4.78 is 21.6. The molecule has 6 nitrogen and oxygen atoms in total. The number of aryl methyl sites for hydroxylation is 1. The molecule has 7 heteroatoms. The third-order valence-corrected chi connectivity index (χ3v) is 5.15. The fraction of sp³-hybridized carbons (Fsp3) is 0.273. The maximum Gasteiger partial charge on any atom is 0.347 e. The van der Waals surface area contributed by atoms with Crippen molar-refractivity contribution in [1.82, 2.24) is 4.98 Å². The Morgan fingerprint density at radius 1 is 1.07 bits per heavy atom. The van der Waals surface area contributed by atoms with Crippen LogP contribution in [0.4, 0.5) is 0 Å². The predicted octanol–water partition coefficient (Wildman–Crippen LogP) is 4.65. The number of aromatic nitrogens is 1. The fourth-order valence-electron chi connectivity index (χ4n) is 2.61. The Morgan fingerprint density at radius 2 is 1.79 bits per heavy atom. The SMILES string of the molecule is COc1ccc(-c2nc(COC(=O)C(C)Oc3ccc(C)cc3)cs2)cc1OC. The molecule has 0 bridgehead atoms. The Labute approximate surface area is 174 Å². The number of carbonyl (C=O) groups excluding carboxylic acids is 1. The normalized spacial score (nSPS) is 11.6. The van der Waals surface area contributed by atoms with E-state index in [-0.39, 0.29) is 6.61 Å². The van der Waals surface area contributed by atoms with Gasteiger partial charge in [-0.1, -0.05) is 17.7 Å². The fourth-order valence-corrected chi connectivity index (χ4v) is 3.41. The summed E-state index contributed by atoms with van der Waals surface area (Å²) in [6, 6.07) is 13.1. The topological polar surface area (TPSA) is 66.9 Å². The molecule has 0 aliphatic carbocycles. The van der Waals surface area contributed by atoms with E-state index in [0.717, 1.165) is 16.1 Å². The molecular formula is C22H23NO5S. The van der Waals surface area contributed by atoms with E-state index >= 15 is 0 Å². The summed E-state index contributed by atoms with van der Waals surface area (Å²) in [5.41, 5.74) is 2.71. The third-order valence-electron chi connectivity index (χ3n) is 4.21. The van der Waals surface area contributed by atoms with Crippen LogP contribution in [0.25, 0.3) is 10.6 Å². The van der Waals surface area contributed by atoms with Gasteiger partial charge in [-0.25, -0.2) is 9.78 Å². The second-order valence-corrected chi connectivity index (χ2v) is 7.25. The van der Waals surface area contributed by atoms with E-state index in [4.69, 9.17) is 18.9 Å². The van der Waals surface area contributed by atoms with Gasteiger partial charge in [0, 0.05) is 10.9 Å². The van der Waals surface area contributed by atoms with Crippen LogP contribution >= 0.6 is 11.3 Å². The van der Waals surface area contributed by atoms with Crippen molar-refractivity contribution in [2.75, 3.05) is 14.2 Å². The minimum absolute atomic E-state index is 0.0875. The van der Waals surface area contributed by atoms with Gasteiger partial charge in [0.1, 0.15) is 17.4 Å². The first-order valence-electron chi connectivity index (χ1n) is 9.07. The monoisotopic (exact) mass is 413 g/mol. The van der Waals surface area contributed by atoms with Gasteiger partial charge in [0.25, 0.3) is 0 Å². The number of hydrogen-bond donors (Lipinski definition) is 0. The average Bonchev–Trinajstić information content (AvgIpc) is 3.22. The van der Waals surface area contributed by atoms with Gasteiger partial charge in [0.2, 0.25) is 0 Å². The largest absolute Gasteiger partial charge is 0.493 e. The summed E-state index contributed by atoms with van der Waals surface area (Å²) in [5, 5.41) is 2.67. The van der Waals surface area contributed by atoms with Crippen LogP contribution in [0.1, 0.15) is 18.2 Å². The molecule has 0 saturated heterocycles. The molecule has 0 fully saturated rings. The van der Waals surface area contributed by atoms with Gasteiger partial charge in [-0.15, -0.1) is 11.3 Å². The molecule has 0 amide bonds. The van der Waals surface area contributed by atoms with Crippen molar-refractivity contribution in [2.45, 2.75) is 26.6 Å². The van der Waals surface area contributed by atoms with Crippen LogP contribution in [0.5, 0.6) is 17.2 Å². The molecule has 3 rings (SSSR count). The van der Waals surface area contributed by atoms with E-state index in [1.54, 1.807) is 21.1 Å². The Balaban J connectivity index is 1.58. The highest BCUT2D eigenvalue weighted by atomic mass is 32.1. The smallest absolute Gasteiger partial charge is 0.347 e. The van der Waals surface area contributed by atoms with Crippen LogP contribution in [0.2, 0.25) is 0 Å². The summed E-state index contributed by atoms with van der Waals surface area (Å²) >= 11 is 1.47. The molecule has 1 atom stereocenters. The van der Waals surface area contributed by atoms with Crippen LogP contribution in [0.3, 0.4) is 0 Å². The molecular weight excluding hydrogens is 390 g/mol. The van der Waals surface area contributed by atoms with Crippen LogP contribution in [0, 0.1) is 6.92 Å². The first-order valence-corrected chi connectivity index (χ1v) is 9.95. The highest BCUT2D eigenvalue weighted by molar-refractivity contribution is 7.13. The molecule has 1 unspecified atom stereocenters. The molecule has 3 aromatic rings. The lowest BCUT2D eigenvalue weighted by atomic mass is 10.2. The van der Waals surface area contributed by atoms with E-state index in [1.165, 1.54) is 11.3 Å². The van der Waals surface area contributed by atoms with Crippen LogP contribution in [0.15, 0.2) is 47.8 Å².